The Morgan fingerprint density at radius 2 is 1.96 bits per heavy atom. The van der Waals surface area contributed by atoms with Crippen LogP contribution in [0.4, 0.5) is 0 Å². The molecule has 1 aliphatic rings. The maximum atomic E-state index is 4.35. The van der Waals surface area contributed by atoms with E-state index < -0.39 is 0 Å². The minimum atomic E-state index is 0.420. The summed E-state index contributed by atoms with van der Waals surface area (Å²) < 4.78 is 0. The van der Waals surface area contributed by atoms with E-state index >= 15 is 0 Å². The molecular weight excluding hydrogens is 304 g/mol. The first-order valence-corrected chi connectivity index (χ1v) is 9.97. The Labute approximate surface area is 145 Å². The Kier molecular flexibility index (Phi) is 8.32. The lowest BCUT2D eigenvalue weighted by atomic mass is 10.1. The molecule has 2 rings (SSSR count). The lowest BCUT2D eigenvalue weighted by molar-refractivity contribution is 0.245. The van der Waals surface area contributed by atoms with Crippen LogP contribution in [0.25, 0.3) is 0 Å². The summed E-state index contributed by atoms with van der Waals surface area (Å²) >= 11 is 1.89. The summed E-state index contributed by atoms with van der Waals surface area (Å²) in [6, 6.07) is 11.2. The zero-order valence-electron chi connectivity index (χ0n) is 14.4. The second-order valence-corrected chi connectivity index (χ2v) is 6.88. The maximum absolute atomic E-state index is 4.35. The monoisotopic (exact) mass is 334 g/mol. The van der Waals surface area contributed by atoms with Crippen LogP contribution in [-0.4, -0.2) is 56.1 Å². The molecule has 5 heteroatoms. The molecule has 1 unspecified atom stereocenters. The second kappa shape index (κ2) is 10.6. The third-order valence-electron chi connectivity index (χ3n) is 4.27. The zero-order valence-corrected chi connectivity index (χ0v) is 15.2. The fourth-order valence-corrected chi connectivity index (χ4v) is 3.46. The van der Waals surface area contributed by atoms with Gasteiger partial charge in [0.05, 0.1) is 6.04 Å². The fourth-order valence-electron chi connectivity index (χ4n) is 3.02. The minimum absolute atomic E-state index is 0.420. The molecule has 1 saturated heterocycles. The largest absolute Gasteiger partial charge is 0.356 e. The van der Waals surface area contributed by atoms with E-state index in [0.717, 1.165) is 25.5 Å². The van der Waals surface area contributed by atoms with Gasteiger partial charge < -0.3 is 10.6 Å². The van der Waals surface area contributed by atoms with E-state index in [2.05, 4.69) is 57.1 Å². The average molecular weight is 335 g/mol. The molecule has 1 aromatic rings. The first-order chi connectivity index (χ1) is 11.3. The van der Waals surface area contributed by atoms with Crippen molar-refractivity contribution in [2.75, 3.05) is 45.2 Å². The van der Waals surface area contributed by atoms with E-state index in [-0.39, 0.29) is 0 Å². The number of benzene rings is 1. The Bertz CT molecular complexity index is 457. The van der Waals surface area contributed by atoms with Gasteiger partial charge in [0, 0.05) is 20.1 Å². The van der Waals surface area contributed by atoms with Gasteiger partial charge in [0.2, 0.25) is 0 Å². The van der Waals surface area contributed by atoms with E-state index in [0.29, 0.717) is 6.04 Å². The van der Waals surface area contributed by atoms with Gasteiger partial charge in [0.1, 0.15) is 0 Å². The van der Waals surface area contributed by atoms with Crippen LogP contribution in [0.3, 0.4) is 0 Å². The van der Waals surface area contributed by atoms with Gasteiger partial charge in [-0.1, -0.05) is 30.3 Å². The molecule has 0 radical (unpaired) electrons. The predicted octanol–water partition coefficient (Wildman–Crippen LogP) is 2.74. The second-order valence-electron chi connectivity index (χ2n) is 5.90. The quantitative estimate of drug-likeness (QED) is 0.436. The highest BCUT2D eigenvalue weighted by Gasteiger charge is 2.23. The SMILES string of the molecule is CN=C(NCCCSC)NCC(c1ccccc1)N1CCCC1. The third-order valence-corrected chi connectivity index (χ3v) is 4.97. The van der Waals surface area contributed by atoms with Crippen LogP contribution >= 0.6 is 11.8 Å². The van der Waals surface area contributed by atoms with Gasteiger partial charge in [-0.25, -0.2) is 0 Å². The molecule has 128 valence electrons. The number of likely N-dealkylation sites (tertiary alicyclic amines) is 1. The zero-order chi connectivity index (χ0) is 16.3. The molecule has 2 N–H and O–H groups in total. The van der Waals surface area contributed by atoms with E-state index in [1.807, 2.05) is 18.8 Å². The van der Waals surface area contributed by atoms with Crippen molar-refractivity contribution in [3.63, 3.8) is 0 Å². The number of rotatable bonds is 8. The molecule has 1 aromatic carbocycles. The summed E-state index contributed by atoms with van der Waals surface area (Å²) in [6.45, 7) is 4.26. The Morgan fingerprint density at radius 3 is 2.61 bits per heavy atom. The van der Waals surface area contributed by atoms with E-state index in [4.69, 9.17) is 0 Å². The first kappa shape index (κ1) is 18.1. The lowest BCUT2D eigenvalue weighted by Gasteiger charge is -2.29. The Balaban J connectivity index is 1.89. The number of aliphatic imine (C=N–C) groups is 1. The standard InChI is InChI=1S/C18H30N4S/c1-19-18(20-11-8-14-23-2)21-15-17(22-12-6-7-13-22)16-9-4-3-5-10-16/h3-5,9-10,17H,6-8,11-15H2,1-2H3,(H2,19,20,21). The van der Waals surface area contributed by atoms with Crippen LogP contribution in [0.1, 0.15) is 30.9 Å². The van der Waals surface area contributed by atoms with Crippen molar-refractivity contribution in [1.82, 2.24) is 15.5 Å². The van der Waals surface area contributed by atoms with Gasteiger partial charge in [0.15, 0.2) is 5.96 Å². The average Bonchev–Trinajstić information content (AvgIpc) is 3.12. The number of hydrogen-bond donors (Lipinski definition) is 2. The highest BCUT2D eigenvalue weighted by atomic mass is 32.2. The van der Waals surface area contributed by atoms with Crippen molar-refractivity contribution >= 4 is 17.7 Å². The molecule has 0 aromatic heterocycles. The van der Waals surface area contributed by atoms with Crippen molar-refractivity contribution < 1.29 is 0 Å². The highest BCUT2D eigenvalue weighted by Crippen LogP contribution is 2.24. The number of nitrogens with zero attached hydrogens (tertiary/aromatic N) is 2. The summed E-state index contributed by atoms with van der Waals surface area (Å²) in [4.78, 5) is 6.93. The van der Waals surface area contributed by atoms with Crippen LogP contribution in [0.15, 0.2) is 35.3 Å². The van der Waals surface area contributed by atoms with Crippen molar-refractivity contribution in [2.45, 2.75) is 25.3 Å². The van der Waals surface area contributed by atoms with Gasteiger partial charge >= 0.3 is 0 Å². The van der Waals surface area contributed by atoms with Crippen LogP contribution < -0.4 is 10.6 Å². The molecule has 4 nitrogen and oxygen atoms in total. The van der Waals surface area contributed by atoms with Gasteiger partial charge in [-0.3, -0.25) is 9.89 Å². The summed E-state index contributed by atoms with van der Waals surface area (Å²) in [7, 11) is 1.84. The minimum Gasteiger partial charge on any atom is -0.356 e. The molecule has 0 bridgehead atoms. The van der Waals surface area contributed by atoms with Crippen LogP contribution in [0.5, 0.6) is 0 Å². The van der Waals surface area contributed by atoms with E-state index in [9.17, 15) is 0 Å². The number of nitrogens with one attached hydrogen (secondary N) is 2. The number of thioether (sulfide) groups is 1. The van der Waals surface area contributed by atoms with Crippen LogP contribution in [0, 0.1) is 0 Å². The molecule has 1 aliphatic heterocycles. The lowest BCUT2D eigenvalue weighted by Crippen LogP contribution is -2.43. The van der Waals surface area contributed by atoms with Gasteiger partial charge in [-0.2, -0.15) is 11.8 Å². The first-order valence-electron chi connectivity index (χ1n) is 8.57. The van der Waals surface area contributed by atoms with Crippen molar-refractivity contribution in [2.24, 2.45) is 4.99 Å². The molecule has 0 saturated carbocycles. The summed E-state index contributed by atoms with van der Waals surface area (Å²) in [6.07, 6.45) is 5.93. The summed E-state index contributed by atoms with van der Waals surface area (Å²) in [5.74, 6) is 2.09. The molecule has 0 spiro atoms. The molecule has 23 heavy (non-hydrogen) atoms. The van der Waals surface area contributed by atoms with Crippen molar-refractivity contribution in [3.05, 3.63) is 35.9 Å². The van der Waals surface area contributed by atoms with Gasteiger partial charge in [0.25, 0.3) is 0 Å². The van der Waals surface area contributed by atoms with Crippen molar-refractivity contribution in [1.29, 1.82) is 0 Å². The Hall–Kier alpha value is -1.20. The summed E-state index contributed by atoms with van der Waals surface area (Å²) in [5.41, 5.74) is 1.39. The van der Waals surface area contributed by atoms with Crippen molar-refractivity contribution in [3.8, 4) is 0 Å². The van der Waals surface area contributed by atoms with Crippen LogP contribution in [0.2, 0.25) is 0 Å². The van der Waals surface area contributed by atoms with Crippen LogP contribution in [-0.2, 0) is 0 Å². The molecule has 1 atom stereocenters. The third kappa shape index (κ3) is 6.07. The van der Waals surface area contributed by atoms with E-state index in [1.165, 1.54) is 37.2 Å². The van der Waals surface area contributed by atoms with E-state index in [1.54, 1.807) is 0 Å². The molecule has 0 aliphatic carbocycles. The number of hydrogen-bond acceptors (Lipinski definition) is 3. The normalized spacial score (nSPS) is 17.2. The highest BCUT2D eigenvalue weighted by molar-refractivity contribution is 7.98. The van der Waals surface area contributed by atoms with Gasteiger partial charge in [-0.15, -0.1) is 0 Å². The topological polar surface area (TPSA) is 39.7 Å². The Morgan fingerprint density at radius 1 is 1.22 bits per heavy atom. The smallest absolute Gasteiger partial charge is 0.191 e. The predicted molar refractivity (Wildman–Crippen MR) is 102 cm³/mol. The maximum Gasteiger partial charge on any atom is 0.191 e. The number of guanidine groups is 1. The molecular formula is C18H30N4S. The molecule has 0 amide bonds. The fraction of sp³-hybridized carbons (Fsp3) is 0.611. The van der Waals surface area contributed by atoms with Gasteiger partial charge in [-0.05, 0) is 49.9 Å². The summed E-state index contributed by atoms with van der Waals surface area (Å²) in [5, 5.41) is 6.92. The molecule has 1 heterocycles. The molecule has 1 fully saturated rings.